The van der Waals surface area contributed by atoms with Gasteiger partial charge in [0.05, 0.1) is 11.8 Å². The van der Waals surface area contributed by atoms with Gasteiger partial charge in [-0.25, -0.2) is 0 Å². The minimum absolute atomic E-state index is 0.0455. The highest BCUT2D eigenvalue weighted by molar-refractivity contribution is 8.00. The summed E-state index contributed by atoms with van der Waals surface area (Å²) in [6.45, 7) is 2.83. The van der Waals surface area contributed by atoms with Crippen molar-refractivity contribution >= 4 is 34.9 Å². The maximum Gasteiger partial charge on any atom is 0.233 e. The van der Waals surface area contributed by atoms with Gasteiger partial charge in [-0.05, 0) is 31.2 Å². The Morgan fingerprint density at radius 1 is 1.48 bits per heavy atom. The van der Waals surface area contributed by atoms with Crippen molar-refractivity contribution in [3.05, 3.63) is 28.2 Å². The summed E-state index contributed by atoms with van der Waals surface area (Å²) in [5.74, 6) is 0.914. The molecule has 1 atom stereocenters. The lowest BCUT2D eigenvalue weighted by atomic mass is 10.3. The average Bonchev–Trinajstić information content (AvgIpc) is 3.14. The highest BCUT2D eigenvalue weighted by Gasteiger charge is 2.31. The van der Waals surface area contributed by atoms with Gasteiger partial charge in [0.2, 0.25) is 11.8 Å². The number of nitrogens with zero attached hydrogens (tertiary/aromatic N) is 3. The molecule has 1 aliphatic carbocycles. The summed E-state index contributed by atoms with van der Waals surface area (Å²) in [6.07, 6.45) is 2.43. The Morgan fingerprint density at radius 3 is 2.92 bits per heavy atom. The second-order valence-electron chi connectivity index (χ2n) is 6.04. The number of thioether (sulfide) groups is 1. The van der Waals surface area contributed by atoms with E-state index in [1.54, 1.807) is 11.3 Å². The Labute approximate surface area is 154 Å². The zero-order chi connectivity index (χ0) is 17.8. The van der Waals surface area contributed by atoms with E-state index in [-0.39, 0.29) is 23.5 Å². The molecule has 1 unspecified atom stereocenters. The quantitative estimate of drug-likeness (QED) is 0.648. The number of carbonyl (C=O) groups is 2. The zero-order valence-corrected chi connectivity index (χ0v) is 15.6. The predicted octanol–water partition coefficient (Wildman–Crippen LogP) is 1.89. The third-order valence-electron chi connectivity index (χ3n) is 3.94. The lowest BCUT2D eigenvalue weighted by Crippen LogP contribution is -2.30. The number of primary amides is 1. The predicted molar refractivity (Wildman–Crippen MR) is 97.3 cm³/mol. The average molecular weight is 380 g/mol. The molecular weight excluding hydrogens is 358 g/mol. The van der Waals surface area contributed by atoms with Crippen molar-refractivity contribution in [3.8, 4) is 0 Å². The molecule has 134 valence electrons. The maximum absolute atomic E-state index is 12.3. The number of rotatable bonds is 9. The van der Waals surface area contributed by atoms with Crippen LogP contribution in [0.5, 0.6) is 0 Å². The first kappa shape index (κ1) is 17.9. The number of aromatic nitrogens is 3. The molecule has 2 amide bonds. The summed E-state index contributed by atoms with van der Waals surface area (Å²) >= 11 is 2.98. The van der Waals surface area contributed by atoms with Crippen LogP contribution in [0.3, 0.4) is 0 Å². The van der Waals surface area contributed by atoms with Gasteiger partial charge in [-0.1, -0.05) is 17.8 Å². The third kappa shape index (κ3) is 4.82. The number of carbonyl (C=O) groups excluding carboxylic acids is 2. The fourth-order valence-electron chi connectivity index (χ4n) is 2.41. The van der Waals surface area contributed by atoms with Crippen LogP contribution >= 0.6 is 23.1 Å². The molecule has 7 nitrogen and oxygen atoms in total. The van der Waals surface area contributed by atoms with Gasteiger partial charge in [0, 0.05) is 23.8 Å². The monoisotopic (exact) mass is 379 g/mol. The minimum Gasteiger partial charge on any atom is -0.370 e. The van der Waals surface area contributed by atoms with Gasteiger partial charge in [0.25, 0.3) is 0 Å². The molecule has 0 bridgehead atoms. The molecular formula is C16H21N5O2S2. The Balaban J connectivity index is 1.62. The van der Waals surface area contributed by atoms with Gasteiger partial charge in [0.15, 0.2) is 5.16 Å². The molecule has 2 aromatic rings. The summed E-state index contributed by atoms with van der Waals surface area (Å²) in [5, 5.41) is 13.8. The van der Waals surface area contributed by atoms with Crippen LogP contribution in [0, 0.1) is 0 Å². The molecule has 1 fully saturated rings. The largest absolute Gasteiger partial charge is 0.370 e. The van der Waals surface area contributed by atoms with Crippen LogP contribution in [0.4, 0.5) is 0 Å². The molecule has 0 radical (unpaired) electrons. The van der Waals surface area contributed by atoms with Crippen molar-refractivity contribution < 1.29 is 9.59 Å². The molecule has 2 aromatic heterocycles. The molecule has 0 aromatic carbocycles. The van der Waals surface area contributed by atoms with Crippen LogP contribution in [-0.2, 0) is 22.7 Å². The van der Waals surface area contributed by atoms with Crippen LogP contribution in [-0.4, -0.2) is 31.8 Å². The molecule has 1 aliphatic rings. The first-order chi connectivity index (χ1) is 12.0. The Hall–Kier alpha value is -1.87. The van der Waals surface area contributed by atoms with Gasteiger partial charge >= 0.3 is 0 Å². The summed E-state index contributed by atoms with van der Waals surface area (Å²) in [5.41, 5.74) is 5.27. The summed E-state index contributed by atoms with van der Waals surface area (Å²) in [7, 11) is 0. The highest BCUT2D eigenvalue weighted by atomic mass is 32.2. The summed E-state index contributed by atoms with van der Waals surface area (Å²) in [6, 6.07) is 3.95. The van der Waals surface area contributed by atoms with Crippen LogP contribution in [0.1, 0.15) is 42.8 Å². The molecule has 1 saturated carbocycles. The van der Waals surface area contributed by atoms with E-state index in [1.165, 1.54) is 11.8 Å². The first-order valence-electron chi connectivity index (χ1n) is 8.22. The second-order valence-corrected chi connectivity index (χ2v) is 8.38. The van der Waals surface area contributed by atoms with Crippen molar-refractivity contribution in [2.24, 2.45) is 5.73 Å². The molecule has 0 saturated heterocycles. The molecule has 9 heteroatoms. The Morgan fingerprint density at radius 2 is 2.28 bits per heavy atom. The van der Waals surface area contributed by atoms with E-state index >= 15 is 0 Å². The lowest BCUT2D eigenvalue weighted by molar-refractivity contribution is -0.120. The summed E-state index contributed by atoms with van der Waals surface area (Å²) < 4.78 is 1.94. The van der Waals surface area contributed by atoms with Crippen molar-refractivity contribution in [2.45, 2.75) is 55.6 Å². The van der Waals surface area contributed by atoms with Crippen molar-refractivity contribution in [2.75, 3.05) is 0 Å². The molecule has 3 rings (SSSR count). The molecule has 0 aliphatic heterocycles. The van der Waals surface area contributed by atoms with E-state index in [0.29, 0.717) is 24.2 Å². The van der Waals surface area contributed by atoms with Gasteiger partial charge in [-0.3, -0.25) is 9.59 Å². The Kier molecular flexibility index (Phi) is 5.74. The van der Waals surface area contributed by atoms with Crippen LogP contribution in [0.2, 0.25) is 0 Å². The van der Waals surface area contributed by atoms with E-state index in [2.05, 4.69) is 15.5 Å². The fourth-order valence-corrected chi connectivity index (χ4v) is 3.96. The van der Waals surface area contributed by atoms with Gasteiger partial charge in [-0.15, -0.1) is 21.5 Å². The standard InChI is InChI=1S/C16H21N5O2S2/c1-10(15(23)18-9-12-3-2-8-24-12)25-16-20-19-14(11-4-5-11)21(16)7-6-13(17)22/h2-3,8,10-11H,4-7,9H2,1H3,(H2,17,22)(H,18,23). The van der Waals surface area contributed by atoms with E-state index in [4.69, 9.17) is 5.73 Å². The minimum atomic E-state index is -0.354. The van der Waals surface area contributed by atoms with Crippen molar-refractivity contribution in [3.63, 3.8) is 0 Å². The SMILES string of the molecule is CC(Sc1nnc(C2CC2)n1CCC(N)=O)C(=O)NCc1cccs1. The van der Waals surface area contributed by atoms with E-state index in [1.807, 2.05) is 29.0 Å². The van der Waals surface area contributed by atoms with Crippen molar-refractivity contribution in [1.29, 1.82) is 0 Å². The van der Waals surface area contributed by atoms with E-state index < -0.39 is 0 Å². The fraction of sp³-hybridized carbons (Fsp3) is 0.500. The van der Waals surface area contributed by atoms with Crippen molar-refractivity contribution in [1.82, 2.24) is 20.1 Å². The van der Waals surface area contributed by atoms with Gasteiger partial charge < -0.3 is 15.6 Å². The molecule has 3 N–H and O–H groups in total. The van der Waals surface area contributed by atoms with E-state index in [9.17, 15) is 9.59 Å². The van der Waals surface area contributed by atoms with E-state index in [0.717, 1.165) is 23.5 Å². The number of nitrogens with one attached hydrogen (secondary N) is 1. The zero-order valence-electron chi connectivity index (χ0n) is 14.0. The number of hydrogen-bond acceptors (Lipinski definition) is 6. The molecule has 0 spiro atoms. The number of hydrogen-bond donors (Lipinski definition) is 2. The van der Waals surface area contributed by atoms with Gasteiger partial charge in [-0.2, -0.15) is 0 Å². The topological polar surface area (TPSA) is 103 Å². The first-order valence-corrected chi connectivity index (χ1v) is 9.98. The smallest absolute Gasteiger partial charge is 0.233 e. The second kappa shape index (κ2) is 8.01. The molecule has 25 heavy (non-hydrogen) atoms. The maximum atomic E-state index is 12.3. The van der Waals surface area contributed by atoms with Crippen LogP contribution in [0.15, 0.2) is 22.7 Å². The number of thiophene rings is 1. The Bertz CT molecular complexity index is 740. The van der Waals surface area contributed by atoms with Crippen LogP contribution < -0.4 is 11.1 Å². The van der Waals surface area contributed by atoms with Gasteiger partial charge in [0.1, 0.15) is 5.82 Å². The lowest BCUT2D eigenvalue weighted by Gasteiger charge is -2.13. The third-order valence-corrected chi connectivity index (χ3v) is 5.89. The molecule has 2 heterocycles. The summed E-state index contributed by atoms with van der Waals surface area (Å²) in [4.78, 5) is 24.6. The highest BCUT2D eigenvalue weighted by Crippen LogP contribution is 2.40. The number of amides is 2. The van der Waals surface area contributed by atoms with Crippen LogP contribution in [0.25, 0.3) is 0 Å². The number of nitrogens with two attached hydrogens (primary N) is 1. The normalized spacial score (nSPS) is 15.1.